The van der Waals surface area contributed by atoms with Crippen molar-refractivity contribution in [3.63, 3.8) is 0 Å². The van der Waals surface area contributed by atoms with Crippen LogP contribution in [0.1, 0.15) is 71.0 Å². The second kappa shape index (κ2) is 7.52. The minimum Gasteiger partial charge on any atom is -0.444 e. The number of nitrogens with one attached hydrogen (secondary N) is 1. The molecule has 6 nitrogen and oxygen atoms in total. The molecule has 2 heterocycles. The highest BCUT2D eigenvalue weighted by atomic mass is 35.5. The maximum Gasteiger partial charge on any atom is 0.410 e. The van der Waals surface area contributed by atoms with Crippen LogP contribution in [-0.2, 0) is 22.1 Å². The second-order valence-electron chi connectivity index (χ2n) is 9.71. The van der Waals surface area contributed by atoms with Gasteiger partial charge in [-0.05, 0) is 60.8 Å². The lowest BCUT2D eigenvalue weighted by molar-refractivity contribution is 0.00715. The van der Waals surface area contributed by atoms with Crippen LogP contribution in [0.25, 0.3) is 0 Å². The first-order valence-corrected chi connectivity index (χ1v) is 12.0. The van der Waals surface area contributed by atoms with Gasteiger partial charge in [0, 0.05) is 23.4 Å². The van der Waals surface area contributed by atoms with Crippen LogP contribution in [0.5, 0.6) is 0 Å². The third-order valence-corrected chi connectivity index (χ3v) is 8.03. The van der Waals surface area contributed by atoms with E-state index in [2.05, 4.69) is 9.71 Å². The lowest BCUT2D eigenvalue weighted by Crippen LogP contribution is -2.50. The molecule has 158 valence electrons. The van der Waals surface area contributed by atoms with E-state index in [1.54, 1.807) is 4.90 Å². The van der Waals surface area contributed by atoms with Crippen molar-refractivity contribution in [2.75, 3.05) is 13.1 Å². The topological polar surface area (TPSA) is 71.5 Å². The Bertz CT molecular complexity index is 774. The number of carbonyl (C=O) groups excluding carboxylic acids is 1. The molecule has 0 aromatic carbocycles. The summed E-state index contributed by atoms with van der Waals surface area (Å²) >= 11 is 7.67. The van der Waals surface area contributed by atoms with Gasteiger partial charge < -0.3 is 9.64 Å². The van der Waals surface area contributed by atoms with Crippen LogP contribution >= 0.6 is 22.9 Å². The molecular weight excluding hydrogens is 418 g/mol. The molecule has 28 heavy (non-hydrogen) atoms. The average molecular weight is 448 g/mol. The van der Waals surface area contributed by atoms with Crippen molar-refractivity contribution in [2.24, 2.45) is 5.41 Å². The van der Waals surface area contributed by atoms with Crippen LogP contribution in [-0.4, -0.2) is 43.6 Å². The standard InChI is InChI=1S/C19H30ClN3O3S2/c1-17(2,3)26-16(24)23-9-7-19(8-10-23)11-12-13(21-15(20)27-12)14(19)22-28(25)18(4,5)6/h14,22H,7-11H2,1-6H3/t14-,28+/m0/s1. The molecule has 3 rings (SSSR count). The van der Waals surface area contributed by atoms with Crippen LogP contribution in [0.2, 0.25) is 4.47 Å². The predicted octanol–water partition coefficient (Wildman–Crippen LogP) is 4.46. The van der Waals surface area contributed by atoms with Gasteiger partial charge in [0.05, 0.1) is 27.5 Å². The van der Waals surface area contributed by atoms with E-state index in [1.165, 1.54) is 16.2 Å². The third-order valence-electron chi connectivity index (χ3n) is 5.29. The molecule has 2 atom stereocenters. The van der Waals surface area contributed by atoms with E-state index in [0.29, 0.717) is 17.6 Å². The molecule has 1 aromatic rings. The van der Waals surface area contributed by atoms with Gasteiger partial charge in [0.15, 0.2) is 4.47 Å². The molecule has 9 heteroatoms. The summed E-state index contributed by atoms with van der Waals surface area (Å²) in [4.78, 5) is 19.9. The maximum absolute atomic E-state index is 12.9. The molecule has 1 spiro atoms. The zero-order valence-electron chi connectivity index (χ0n) is 17.4. The Kier molecular flexibility index (Phi) is 5.91. The summed E-state index contributed by atoms with van der Waals surface area (Å²) in [5.74, 6) is 0. The van der Waals surface area contributed by atoms with E-state index < -0.39 is 16.6 Å². The van der Waals surface area contributed by atoms with Gasteiger partial charge in [0.25, 0.3) is 0 Å². The molecule has 0 saturated carbocycles. The van der Waals surface area contributed by atoms with E-state index in [-0.39, 0.29) is 22.3 Å². The molecule has 0 unspecified atom stereocenters. The smallest absolute Gasteiger partial charge is 0.410 e. The highest BCUT2D eigenvalue weighted by Crippen LogP contribution is 2.54. The summed E-state index contributed by atoms with van der Waals surface area (Å²) in [5.41, 5.74) is 0.328. The van der Waals surface area contributed by atoms with E-state index in [9.17, 15) is 9.00 Å². The maximum atomic E-state index is 12.9. The van der Waals surface area contributed by atoms with Gasteiger partial charge in [0.1, 0.15) is 5.60 Å². The normalized spacial score (nSPS) is 23.0. The summed E-state index contributed by atoms with van der Waals surface area (Å²) in [6.07, 6.45) is 2.21. The molecule has 1 aliphatic carbocycles. The first kappa shape index (κ1) is 22.0. The van der Waals surface area contributed by atoms with Crippen LogP contribution < -0.4 is 4.72 Å². The fraction of sp³-hybridized carbons (Fsp3) is 0.789. The SMILES string of the molecule is CC(C)(C)OC(=O)N1CCC2(CC1)Cc1sc(Cl)nc1[C@@H]2N[S@](=O)C(C)(C)C. The Morgan fingerprint density at radius 1 is 1.29 bits per heavy atom. The number of hydrogen-bond donors (Lipinski definition) is 1. The quantitative estimate of drug-likeness (QED) is 0.726. The summed E-state index contributed by atoms with van der Waals surface area (Å²) in [7, 11) is -1.22. The number of amides is 1. The Morgan fingerprint density at radius 2 is 1.89 bits per heavy atom. The zero-order valence-corrected chi connectivity index (χ0v) is 19.8. The minimum atomic E-state index is -1.22. The van der Waals surface area contributed by atoms with Gasteiger partial charge in [-0.3, -0.25) is 0 Å². The second-order valence-corrected chi connectivity index (χ2v) is 13.4. The van der Waals surface area contributed by atoms with Crippen molar-refractivity contribution in [3.8, 4) is 0 Å². The van der Waals surface area contributed by atoms with Crippen LogP contribution in [0.4, 0.5) is 4.79 Å². The number of hydrogen-bond acceptors (Lipinski definition) is 5. The predicted molar refractivity (Wildman–Crippen MR) is 114 cm³/mol. The number of aromatic nitrogens is 1. The van der Waals surface area contributed by atoms with Crippen LogP contribution in [0.3, 0.4) is 0 Å². The summed E-state index contributed by atoms with van der Waals surface area (Å²) in [6, 6.07) is -0.118. The van der Waals surface area contributed by atoms with Gasteiger partial charge in [0.2, 0.25) is 0 Å². The van der Waals surface area contributed by atoms with Crippen LogP contribution in [0.15, 0.2) is 0 Å². The van der Waals surface area contributed by atoms with Crippen molar-refractivity contribution < 1.29 is 13.7 Å². The minimum absolute atomic E-state index is 0.0990. The fourth-order valence-corrected chi connectivity index (χ4v) is 6.06. The number of halogens is 1. The van der Waals surface area contributed by atoms with Crippen molar-refractivity contribution >= 4 is 40.0 Å². The molecule has 1 fully saturated rings. The number of carbonyl (C=O) groups is 1. The molecule has 2 aliphatic rings. The molecule has 1 aromatic heterocycles. The van der Waals surface area contributed by atoms with E-state index in [1.807, 2.05) is 41.5 Å². The van der Waals surface area contributed by atoms with E-state index in [4.69, 9.17) is 16.3 Å². The van der Waals surface area contributed by atoms with Gasteiger partial charge in [-0.25, -0.2) is 18.7 Å². The van der Waals surface area contributed by atoms with Crippen molar-refractivity contribution in [1.29, 1.82) is 0 Å². The Labute approximate surface area is 179 Å². The number of nitrogens with zero attached hydrogens (tertiary/aromatic N) is 2. The first-order valence-electron chi connectivity index (χ1n) is 9.62. The van der Waals surface area contributed by atoms with Gasteiger partial charge in [-0.1, -0.05) is 11.6 Å². The third kappa shape index (κ3) is 4.55. The lowest BCUT2D eigenvalue weighted by Gasteiger charge is -2.43. The average Bonchev–Trinajstić information content (AvgIpc) is 3.00. The Balaban J connectivity index is 1.78. The van der Waals surface area contributed by atoms with Crippen molar-refractivity contribution in [3.05, 3.63) is 15.0 Å². The van der Waals surface area contributed by atoms with Gasteiger partial charge in [-0.2, -0.15) is 0 Å². The molecule has 1 aliphatic heterocycles. The largest absolute Gasteiger partial charge is 0.444 e. The van der Waals surface area contributed by atoms with Crippen molar-refractivity contribution in [1.82, 2.24) is 14.6 Å². The molecule has 1 amide bonds. The summed E-state index contributed by atoms with van der Waals surface area (Å²) in [5, 5.41) is 0. The first-order chi connectivity index (χ1) is 12.8. The number of fused-ring (bicyclic) bond motifs is 1. The molecular formula is C19H30ClN3O3S2. The number of rotatable bonds is 2. The van der Waals surface area contributed by atoms with Gasteiger partial charge >= 0.3 is 6.09 Å². The monoisotopic (exact) mass is 447 g/mol. The highest BCUT2D eigenvalue weighted by molar-refractivity contribution is 7.84. The molecule has 0 radical (unpaired) electrons. The Morgan fingerprint density at radius 3 is 2.43 bits per heavy atom. The van der Waals surface area contributed by atoms with E-state index in [0.717, 1.165) is 25.0 Å². The summed E-state index contributed by atoms with van der Waals surface area (Å²) in [6.45, 7) is 12.7. The van der Waals surface area contributed by atoms with Crippen molar-refractivity contribution in [2.45, 2.75) is 77.2 Å². The lowest BCUT2D eigenvalue weighted by atomic mass is 9.74. The van der Waals surface area contributed by atoms with Gasteiger partial charge in [-0.15, -0.1) is 11.3 Å². The molecule has 0 bridgehead atoms. The fourth-order valence-electron chi connectivity index (χ4n) is 3.79. The highest BCUT2D eigenvalue weighted by Gasteiger charge is 2.51. The molecule has 1 saturated heterocycles. The van der Waals surface area contributed by atoms with E-state index >= 15 is 0 Å². The Hall–Kier alpha value is -0.700. The number of ether oxygens (including phenoxy) is 1. The number of piperidine rings is 1. The number of thiazole rings is 1. The van der Waals surface area contributed by atoms with Crippen LogP contribution in [0, 0.1) is 5.41 Å². The summed E-state index contributed by atoms with van der Waals surface area (Å²) < 4.78 is 21.9. The zero-order chi connectivity index (χ0) is 20.9. The number of likely N-dealkylation sites (tertiary alicyclic amines) is 1. The molecule has 1 N–H and O–H groups in total.